The van der Waals surface area contributed by atoms with Gasteiger partial charge in [-0.05, 0) is 45.1 Å². The number of ketones is 1. The van der Waals surface area contributed by atoms with Crippen LogP contribution in [-0.4, -0.2) is 40.9 Å². The Morgan fingerprint density at radius 2 is 2.04 bits per heavy atom. The average Bonchev–Trinajstić information content (AvgIpc) is 2.85. The third kappa shape index (κ3) is 3.41. The number of aliphatic imine (C=N–C) groups is 1. The zero-order chi connectivity index (χ0) is 17.4. The highest BCUT2D eigenvalue weighted by Gasteiger charge is 2.44. The van der Waals surface area contributed by atoms with Gasteiger partial charge in [-0.1, -0.05) is 26.3 Å². The van der Waals surface area contributed by atoms with Crippen molar-refractivity contribution in [3.63, 3.8) is 0 Å². The first-order valence-electron chi connectivity index (χ1n) is 8.69. The molecule has 0 radical (unpaired) electrons. The van der Waals surface area contributed by atoms with E-state index < -0.39 is 5.54 Å². The Hall–Kier alpha value is -1.45. The predicted molar refractivity (Wildman–Crippen MR) is 93.7 cm³/mol. The second kappa shape index (κ2) is 6.21. The van der Waals surface area contributed by atoms with E-state index in [0.717, 1.165) is 18.6 Å². The minimum absolute atomic E-state index is 0.0385. The van der Waals surface area contributed by atoms with Crippen molar-refractivity contribution >= 4 is 17.4 Å². The fourth-order valence-electron chi connectivity index (χ4n) is 3.44. The number of amides is 1. The second-order valence-electron chi connectivity index (χ2n) is 8.15. The molecule has 128 valence electrons. The summed E-state index contributed by atoms with van der Waals surface area (Å²) < 4.78 is 0. The van der Waals surface area contributed by atoms with Gasteiger partial charge in [0.05, 0.1) is 11.5 Å². The first kappa shape index (κ1) is 17.9. The number of carbonyl (C=O) groups excluding carboxylic acids is 2. The lowest BCUT2D eigenvalue weighted by atomic mass is 9.83. The van der Waals surface area contributed by atoms with Crippen molar-refractivity contribution < 1.29 is 9.59 Å². The maximum Gasteiger partial charge on any atom is 0.232 e. The predicted octanol–water partition coefficient (Wildman–Crippen LogP) is 3.41. The number of Topliss-reactive ketones (excluding diaryl/α,β-unsaturated/α-hetero) is 1. The minimum Gasteiger partial charge on any atom is -0.330 e. The number of likely N-dealkylation sites (tertiary alicyclic amines) is 1. The van der Waals surface area contributed by atoms with Crippen molar-refractivity contribution in [3.05, 3.63) is 11.6 Å². The van der Waals surface area contributed by atoms with Crippen LogP contribution in [0.2, 0.25) is 0 Å². The van der Waals surface area contributed by atoms with E-state index in [-0.39, 0.29) is 23.0 Å². The molecule has 1 amide bonds. The van der Waals surface area contributed by atoms with Gasteiger partial charge < -0.3 is 4.90 Å². The molecule has 0 N–H and O–H groups in total. The molecule has 0 aromatic rings. The molecule has 1 saturated heterocycles. The van der Waals surface area contributed by atoms with Crippen LogP contribution in [0.4, 0.5) is 0 Å². The van der Waals surface area contributed by atoms with Gasteiger partial charge in [-0.15, -0.1) is 0 Å². The Morgan fingerprint density at radius 3 is 2.61 bits per heavy atom. The molecule has 0 saturated carbocycles. The zero-order valence-corrected chi connectivity index (χ0v) is 15.4. The Balaban J connectivity index is 2.29. The van der Waals surface area contributed by atoms with Gasteiger partial charge in [0.15, 0.2) is 5.78 Å². The summed E-state index contributed by atoms with van der Waals surface area (Å²) in [6.07, 6.45) is 4.16. The summed E-state index contributed by atoms with van der Waals surface area (Å²) >= 11 is 0. The Labute approximate surface area is 140 Å². The van der Waals surface area contributed by atoms with Gasteiger partial charge in [0.25, 0.3) is 0 Å². The van der Waals surface area contributed by atoms with E-state index in [4.69, 9.17) is 0 Å². The van der Waals surface area contributed by atoms with Crippen molar-refractivity contribution in [1.82, 2.24) is 4.90 Å². The third-order valence-electron chi connectivity index (χ3n) is 5.11. The van der Waals surface area contributed by atoms with Gasteiger partial charge in [0, 0.05) is 25.2 Å². The van der Waals surface area contributed by atoms with Gasteiger partial charge >= 0.3 is 0 Å². The molecular weight excluding hydrogens is 288 g/mol. The topological polar surface area (TPSA) is 49.7 Å². The molecule has 1 heterocycles. The van der Waals surface area contributed by atoms with Gasteiger partial charge in [0.1, 0.15) is 0 Å². The molecule has 4 nitrogen and oxygen atoms in total. The van der Waals surface area contributed by atoms with Crippen molar-refractivity contribution in [2.75, 3.05) is 13.1 Å². The molecule has 23 heavy (non-hydrogen) atoms. The Bertz CT molecular complexity index is 564. The fraction of sp³-hybridized carbons (Fsp3) is 0.737. The zero-order valence-electron chi connectivity index (χ0n) is 15.4. The monoisotopic (exact) mass is 318 g/mol. The van der Waals surface area contributed by atoms with E-state index in [0.29, 0.717) is 19.5 Å². The van der Waals surface area contributed by atoms with Gasteiger partial charge in [0.2, 0.25) is 5.91 Å². The van der Waals surface area contributed by atoms with E-state index in [1.807, 2.05) is 20.8 Å². The number of hydrogen-bond acceptors (Lipinski definition) is 3. The Morgan fingerprint density at radius 1 is 1.39 bits per heavy atom. The molecule has 2 aliphatic rings. The highest BCUT2D eigenvalue weighted by Crippen LogP contribution is 2.38. The smallest absolute Gasteiger partial charge is 0.232 e. The van der Waals surface area contributed by atoms with Crippen molar-refractivity contribution in [2.24, 2.45) is 16.3 Å². The van der Waals surface area contributed by atoms with Crippen molar-refractivity contribution in [2.45, 2.75) is 66.3 Å². The molecule has 0 aromatic heterocycles. The first-order valence-corrected chi connectivity index (χ1v) is 8.69. The molecule has 0 spiro atoms. The fourth-order valence-corrected chi connectivity index (χ4v) is 3.44. The highest BCUT2D eigenvalue weighted by atomic mass is 16.2. The van der Waals surface area contributed by atoms with E-state index in [2.05, 4.69) is 31.8 Å². The lowest BCUT2D eigenvalue weighted by Crippen LogP contribution is -2.58. The number of nitrogens with zero attached hydrogens (tertiary/aromatic N) is 2. The molecule has 1 aliphatic heterocycles. The quantitative estimate of drug-likeness (QED) is 0.783. The normalized spacial score (nSPS) is 26.6. The summed E-state index contributed by atoms with van der Waals surface area (Å²) in [5, 5.41) is 0. The van der Waals surface area contributed by atoms with Crippen LogP contribution in [-0.2, 0) is 9.59 Å². The van der Waals surface area contributed by atoms with Crippen LogP contribution in [0.25, 0.3) is 0 Å². The standard InChI is InChI=1S/C19H30N2O2/c1-7-20-15-12-13(18(2,3)4)11-14(15)17(23)21-10-8-9-16(22)19(21,5)6/h12,14H,7-11H2,1-6H3. The number of hydrogen-bond donors (Lipinski definition) is 0. The molecule has 1 atom stereocenters. The number of allylic oxidation sites excluding steroid dienone is 2. The summed E-state index contributed by atoms with van der Waals surface area (Å²) in [6.45, 7) is 13.6. The number of carbonyl (C=O) groups is 2. The third-order valence-corrected chi connectivity index (χ3v) is 5.11. The first-order chi connectivity index (χ1) is 10.6. The molecule has 1 fully saturated rings. The van der Waals surface area contributed by atoms with E-state index >= 15 is 0 Å². The van der Waals surface area contributed by atoms with Crippen LogP contribution in [0.15, 0.2) is 16.6 Å². The highest BCUT2D eigenvalue weighted by molar-refractivity contribution is 6.13. The molecule has 0 bridgehead atoms. The molecule has 4 heteroatoms. The summed E-state index contributed by atoms with van der Waals surface area (Å²) in [5.41, 5.74) is 1.49. The number of rotatable bonds is 2. The van der Waals surface area contributed by atoms with Crippen molar-refractivity contribution in [1.29, 1.82) is 0 Å². The van der Waals surface area contributed by atoms with E-state index in [9.17, 15) is 9.59 Å². The summed E-state index contributed by atoms with van der Waals surface area (Å²) in [5.74, 6) is -0.00631. The average molecular weight is 318 g/mol. The molecule has 1 aliphatic carbocycles. The lowest BCUT2D eigenvalue weighted by Gasteiger charge is -2.42. The van der Waals surface area contributed by atoms with Crippen molar-refractivity contribution in [3.8, 4) is 0 Å². The van der Waals surface area contributed by atoms with Crippen LogP contribution in [0.3, 0.4) is 0 Å². The second-order valence-corrected chi connectivity index (χ2v) is 8.15. The lowest BCUT2D eigenvalue weighted by molar-refractivity contribution is -0.149. The van der Waals surface area contributed by atoms with Crippen LogP contribution in [0, 0.1) is 11.3 Å². The maximum absolute atomic E-state index is 13.2. The van der Waals surface area contributed by atoms with E-state index in [1.165, 1.54) is 5.57 Å². The minimum atomic E-state index is -0.697. The van der Waals surface area contributed by atoms with Crippen LogP contribution >= 0.6 is 0 Å². The van der Waals surface area contributed by atoms with Gasteiger partial charge in [-0.2, -0.15) is 0 Å². The molecule has 1 unspecified atom stereocenters. The summed E-state index contributed by atoms with van der Waals surface area (Å²) in [4.78, 5) is 31.8. The SMILES string of the molecule is CCN=C1C=C(C(C)(C)C)CC1C(=O)N1CCCC(=O)C1(C)C. The number of piperidine rings is 1. The van der Waals surface area contributed by atoms with Crippen LogP contribution in [0.1, 0.15) is 60.8 Å². The summed E-state index contributed by atoms with van der Waals surface area (Å²) in [6, 6.07) is 0. The van der Waals surface area contributed by atoms with Crippen LogP contribution < -0.4 is 0 Å². The largest absolute Gasteiger partial charge is 0.330 e. The molecular formula is C19H30N2O2. The Kier molecular flexibility index (Phi) is 4.84. The van der Waals surface area contributed by atoms with Gasteiger partial charge in [-0.3, -0.25) is 14.6 Å². The van der Waals surface area contributed by atoms with Gasteiger partial charge in [-0.25, -0.2) is 0 Å². The molecule has 2 rings (SSSR count). The maximum atomic E-state index is 13.2. The van der Waals surface area contributed by atoms with E-state index in [1.54, 1.807) is 4.90 Å². The molecule has 0 aromatic carbocycles. The summed E-state index contributed by atoms with van der Waals surface area (Å²) in [7, 11) is 0. The van der Waals surface area contributed by atoms with Crippen LogP contribution in [0.5, 0.6) is 0 Å².